The number of carbonyl (C=O) groups excluding carboxylic acids is 2. The normalized spacial score (nSPS) is 12.4. The molecule has 1 aromatic heterocycles. The fraction of sp³-hybridized carbons (Fsp3) is 0.0833. The van der Waals surface area contributed by atoms with E-state index in [4.69, 9.17) is 9.47 Å². The molecule has 1 aliphatic rings. The monoisotopic (exact) mass is 466 g/mol. The smallest absolute Gasteiger partial charge is 0.265 e. The Balaban J connectivity index is 1.33. The van der Waals surface area contributed by atoms with Crippen LogP contribution in [0.3, 0.4) is 0 Å². The van der Waals surface area contributed by atoms with E-state index >= 15 is 0 Å². The van der Waals surface area contributed by atoms with Crippen LogP contribution in [0.5, 0.6) is 11.5 Å². The van der Waals surface area contributed by atoms with Crippen LogP contribution in [0.1, 0.15) is 20.0 Å². The number of anilines is 2. The van der Waals surface area contributed by atoms with Gasteiger partial charge in [-0.1, -0.05) is 0 Å². The minimum Gasteiger partial charge on any atom is -0.486 e. The molecule has 0 fully saturated rings. The second-order valence-corrected chi connectivity index (χ2v) is 8.34. The van der Waals surface area contributed by atoms with Crippen LogP contribution in [0.25, 0.3) is 10.1 Å². The third-order valence-corrected chi connectivity index (χ3v) is 6.09. The lowest BCUT2D eigenvalue weighted by molar-refractivity contribution is 0.102. The first-order valence-electron chi connectivity index (χ1n) is 9.97. The third-order valence-electron chi connectivity index (χ3n) is 4.98. The van der Waals surface area contributed by atoms with E-state index in [0.717, 1.165) is 10.8 Å². The van der Waals surface area contributed by atoms with Crippen LogP contribution in [0.4, 0.5) is 20.2 Å². The lowest BCUT2D eigenvalue weighted by Gasteiger charge is -2.18. The van der Waals surface area contributed by atoms with Gasteiger partial charge < -0.3 is 20.1 Å². The Morgan fingerprint density at radius 2 is 1.64 bits per heavy atom. The summed E-state index contributed by atoms with van der Waals surface area (Å²) < 4.78 is 39.4. The number of nitrogens with one attached hydrogen (secondary N) is 2. The number of amides is 2. The minimum atomic E-state index is -0.659. The molecule has 4 aromatic rings. The van der Waals surface area contributed by atoms with Crippen molar-refractivity contribution in [1.29, 1.82) is 0 Å². The fourth-order valence-electron chi connectivity index (χ4n) is 3.40. The van der Waals surface area contributed by atoms with Gasteiger partial charge in [0.1, 0.15) is 24.8 Å². The maximum absolute atomic E-state index is 14.3. The minimum absolute atomic E-state index is 0.0939. The summed E-state index contributed by atoms with van der Waals surface area (Å²) >= 11 is 1.17. The first-order valence-corrected chi connectivity index (χ1v) is 10.8. The Hall–Kier alpha value is -3.98. The maximum Gasteiger partial charge on any atom is 0.265 e. The fourth-order valence-corrected chi connectivity index (χ4v) is 4.34. The first kappa shape index (κ1) is 20.9. The summed E-state index contributed by atoms with van der Waals surface area (Å²) in [6.45, 7) is 0.842. The molecule has 9 heteroatoms. The van der Waals surface area contributed by atoms with E-state index < -0.39 is 23.4 Å². The van der Waals surface area contributed by atoms with Crippen molar-refractivity contribution in [2.45, 2.75) is 0 Å². The van der Waals surface area contributed by atoms with Crippen LogP contribution in [-0.4, -0.2) is 25.0 Å². The molecule has 166 valence electrons. The molecule has 0 saturated heterocycles. The molecule has 0 radical (unpaired) electrons. The van der Waals surface area contributed by atoms with E-state index in [9.17, 15) is 18.4 Å². The highest BCUT2D eigenvalue weighted by Crippen LogP contribution is 2.31. The molecule has 6 nitrogen and oxygen atoms in total. The molecule has 2 heterocycles. The van der Waals surface area contributed by atoms with Crippen molar-refractivity contribution in [3.05, 3.63) is 82.7 Å². The van der Waals surface area contributed by atoms with E-state index in [0.29, 0.717) is 46.2 Å². The van der Waals surface area contributed by atoms with Gasteiger partial charge in [-0.2, -0.15) is 0 Å². The van der Waals surface area contributed by atoms with Crippen LogP contribution in [-0.2, 0) is 0 Å². The van der Waals surface area contributed by atoms with Gasteiger partial charge in [-0.15, -0.1) is 11.3 Å². The lowest BCUT2D eigenvalue weighted by Crippen LogP contribution is -2.17. The van der Waals surface area contributed by atoms with E-state index in [2.05, 4.69) is 10.6 Å². The summed E-state index contributed by atoms with van der Waals surface area (Å²) in [5.74, 6) is -0.987. The zero-order valence-electron chi connectivity index (χ0n) is 17.0. The molecule has 0 saturated carbocycles. The number of thiophene rings is 1. The zero-order valence-corrected chi connectivity index (χ0v) is 17.8. The predicted molar refractivity (Wildman–Crippen MR) is 122 cm³/mol. The average Bonchev–Trinajstić information content (AvgIpc) is 3.24. The van der Waals surface area contributed by atoms with Gasteiger partial charge >= 0.3 is 0 Å². The number of hydrogen-bond acceptors (Lipinski definition) is 5. The standard InChI is InChI=1S/C24H16F2N2O4S/c25-15-2-6-21-14(9-15)11-22(33-21)24(30)28-18-12-16(3-4-17(18)26)27-23(29)13-1-5-19-20(10-13)32-8-7-31-19/h1-6,9-12H,7-8H2,(H,27,29)(H,28,30). The number of halogens is 2. The van der Waals surface area contributed by atoms with Crippen molar-refractivity contribution in [3.63, 3.8) is 0 Å². The van der Waals surface area contributed by atoms with Gasteiger partial charge in [0.05, 0.1) is 10.6 Å². The van der Waals surface area contributed by atoms with Gasteiger partial charge in [0, 0.05) is 16.0 Å². The summed E-state index contributed by atoms with van der Waals surface area (Å²) in [7, 11) is 0. The van der Waals surface area contributed by atoms with Crippen molar-refractivity contribution < 1.29 is 27.8 Å². The number of hydrogen-bond donors (Lipinski definition) is 2. The molecule has 0 aliphatic carbocycles. The van der Waals surface area contributed by atoms with Crippen molar-refractivity contribution >= 4 is 44.6 Å². The number of ether oxygens (including phenoxy) is 2. The Labute approximate surface area is 190 Å². The second-order valence-electron chi connectivity index (χ2n) is 7.25. The Bertz CT molecular complexity index is 1400. The molecule has 0 unspecified atom stereocenters. The molecule has 33 heavy (non-hydrogen) atoms. The molecule has 0 atom stereocenters. The molecule has 2 N–H and O–H groups in total. The Morgan fingerprint density at radius 3 is 2.48 bits per heavy atom. The van der Waals surface area contributed by atoms with Crippen molar-refractivity contribution in [3.8, 4) is 11.5 Å². The van der Waals surface area contributed by atoms with Crippen LogP contribution >= 0.6 is 11.3 Å². The summed E-state index contributed by atoms with van der Waals surface area (Å²) in [6.07, 6.45) is 0. The summed E-state index contributed by atoms with van der Waals surface area (Å²) in [5.41, 5.74) is 0.542. The molecule has 0 spiro atoms. The first-order chi connectivity index (χ1) is 16.0. The maximum atomic E-state index is 14.3. The van der Waals surface area contributed by atoms with Gasteiger partial charge in [0.2, 0.25) is 0 Å². The molecule has 1 aliphatic heterocycles. The number of benzene rings is 3. The molecule has 5 rings (SSSR count). The van der Waals surface area contributed by atoms with E-state index in [1.165, 1.54) is 35.6 Å². The van der Waals surface area contributed by atoms with Crippen molar-refractivity contribution in [2.24, 2.45) is 0 Å². The average molecular weight is 466 g/mol. The van der Waals surface area contributed by atoms with Crippen LogP contribution < -0.4 is 20.1 Å². The van der Waals surface area contributed by atoms with Gasteiger partial charge in [0.15, 0.2) is 11.5 Å². The highest BCUT2D eigenvalue weighted by Gasteiger charge is 2.17. The van der Waals surface area contributed by atoms with Gasteiger partial charge in [-0.25, -0.2) is 8.78 Å². The van der Waals surface area contributed by atoms with Crippen molar-refractivity contribution in [1.82, 2.24) is 0 Å². The predicted octanol–water partition coefficient (Wildman–Crippen LogP) is 5.46. The van der Waals surface area contributed by atoms with E-state index in [1.54, 1.807) is 30.3 Å². The second kappa shape index (κ2) is 8.51. The molecular formula is C24H16F2N2O4S. The Morgan fingerprint density at radius 1 is 0.818 bits per heavy atom. The number of carbonyl (C=O) groups is 2. The quantitative estimate of drug-likeness (QED) is 0.419. The van der Waals surface area contributed by atoms with Gasteiger partial charge in [-0.05, 0) is 66.0 Å². The molecule has 2 amide bonds. The van der Waals surface area contributed by atoms with Gasteiger partial charge in [0.25, 0.3) is 11.8 Å². The summed E-state index contributed by atoms with van der Waals surface area (Å²) in [5, 5.41) is 5.78. The summed E-state index contributed by atoms with van der Waals surface area (Å²) in [4.78, 5) is 25.6. The van der Waals surface area contributed by atoms with E-state index in [-0.39, 0.29) is 5.69 Å². The third kappa shape index (κ3) is 4.35. The van der Waals surface area contributed by atoms with Crippen LogP contribution in [0.2, 0.25) is 0 Å². The topological polar surface area (TPSA) is 76.7 Å². The van der Waals surface area contributed by atoms with Crippen LogP contribution in [0, 0.1) is 11.6 Å². The highest BCUT2D eigenvalue weighted by molar-refractivity contribution is 7.20. The Kier molecular flexibility index (Phi) is 5.39. The lowest BCUT2D eigenvalue weighted by atomic mass is 10.1. The largest absolute Gasteiger partial charge is 0.486 e. The highest BCUT2D eigenvalue weighted by atomic mass is 32.1. The zero-order chi connectivity index (χ0) is 22.9. The summed E-state index contributed by atoms with van der Waals surface area (Å²) in [6, 6.07) is 14.5. The molecular weight excluding hydrogens is 450 g/mol. The number of rotatable bonds is 4. The molecule has 0 bridgehead atoms. The number of fused-ring (bicyclic) bond motifs is 2. The molecule has 3 aromatic carbocycles. The van der Waals surface area contributed by atoms with Gasteiger partial charge in [-0.3, -0.25) is 9.59 Å². The van der Waals surface area contributed by atoms with Crippen molar-refractivity contribution in [2.75, 3.05) is 23.8 Å². The SMILES string of the molecule is O=C(Nc1ccc(F)c(NC(=O)c2cc3cc(F)ccc3s2)c1)c1ccc2c(c1)OCCO2. The van der Waals surface area contributed by atoms with E-state index in [1.807, 2.05) is 0 Å². The van der Waals surface area contributed by atoms with Crippen LogP contribution in [0.15, 0.2) is 60.7 Å².